The minimum Gasteiger partial charge on any atom is -0.455 e. The van der Waals surface area contributed by atoms with Crippen molar-refractivity contribution in [2.24, 2.45) is 0 Å². The fourth-order valence-corrected chi connectivity index (χ4v) is 8.46. The molecule has 3 aliphatic carbocycles. The van der Waals surface area contributed by atoms with Gasteiger partial charge in [0.2, 0.25) is 0 Å². The zero-order chi connectivity index (χ0) is 29.9. The molecule has 3 nitrogen and oxygen atoms in total. The number of hydrogen-bond donors (Lipinski definition) is 0. The van der Waals surface area contributed by atoms with Gasteiger partial charge in [-0.1, -0.05) is 97.1 Å². The maximum absolute atomic E-state index is 6.99. The van der Waals surface area contributed by atoms with Crippen LogP contribution in [-0.2, 0) is 0 Å². The number of para-hydroxylation sites is 4. The van der Waals surface area contributed by atoms with Crippen molar-refractivity contribution in [3.63, 3.8) is 0 Å². The van der Waals surface area contributed by atoms with E-state index in [1.54, 1.807) is 0 Å². The van der Waals surface area contributed by atoms with Gasteiger partial charge in [-0.15, -0.1) is 0 Å². The molecule has 3 heteroatoms. The van der Waals surface area contributed by atoms with Crippen molar-refractivity contribution in [1.82, 2.24) is 9.55 Å². The number of nitrogens with zero attached hydrogens (tertiary/aromatic N) is 2. The van der Waals surface area contributed by atoms with Crippen LogP contribution in [0.2, 0.25) is 0 Å². The Morgan fingerprint density at radius 1 is 0.478 bits per heavy atom. The maximum Gasteiger partial charge on any atom is 0.149 e. The summed E-state index contributed by atoms with van der Waals surface area (Å²) in [5.74, 6) is 1.35. The first-order valence-corrected chi connectivity index (χ1v) is 16.0. The Morgan fingerprint density at radius 2 is 1.11 bits per heavy atom. The SMILES string of the molecule is c1ccc(-n2c(-c3cccc4c3oc3c5cc6c(cc5ccc43)C3c4ccccc4C6c4ccccc43)nc3ccccc32)cc1. The van der Waals surface area contributed by atoms with E-state index in [-0.39, 0.29) is 11.8 Å². The quantitative estimate of drug-likeness (QED) is 0.202. The molecule has 0 unspecified atom stereocenters. The van der Waals surface area contributed by atoms with E-state index in [1.165, 1.54) is 38.8 Å². The van der Waals surface area contributed by atoms with Crippen LogP contribution in [0.15, 0.2) is 150 Å². The lowest BCUT2D eigenvalue weighted by atomic mass is 9.61. The highest BCUT2D eigenvalue weighted by atomic mass is 16.3. The Hall–Kier alpha value is -5.93. The van der Waals surface area contributed by atoms with Crippen LogP contribution < -0.4 is 0 Å². The van der Waals surface area contributed by atoms with Crippen LogP contribution in [-0.4, -0.2) is 9.55 Å². The molecular weight excluding hydrogens is 560 g/mol. The normalized spacial score (nSPS) is 16.3. The van der Waals surface area contributed by atoms with Gasteiger partial charge in [0.1, 0.15) is 17.0 Å². The summed E-state index contributed by atoms with van der Waals surface area (Å²) in [6.07, 6.45) is 0. The van der Waals surface area contributed by atoms with Crippen LogP contribution >= 0.6 is 0 Å². The molecule has 0 saturated carbocycles. The molecule has 2 aromatic heterocycles. The Bertz CT molecular complexity index is 2670. The van der Waals surface area contributed by atoms with E-state index in [2.05, 4.69) is 144 Å². The van der Waals surface area contributed by atoms with Crippen LogP contribution in [0.1, 0.15) is 45.2 Å². The fraction of sp³-hybridized carbons (Fsp3) is 0.0465. The van der Waals surface area contributed by atoms with Gasteiger partial charge in [-0.05, 0) is 87.3 Å². The summed E-state index contributed by atoms with van der Waals surface area (Å²) in [5, 5.41) is 4.62. The molecule has 0 amide bonds. The predicted molar refractivity (Wildman–Crippen MR) is 186 cm³/mol. The summed E-state index contributed by atoms with van der Waals surface area (Å²) in [6.45, 7) is 0. The third kappa shape index (κ3) is 3.09. The van der Waals surface area contributed by atoms with Gasteiger partial charge >= 0.3 is 0 Å². The first-order valence-electron chi connectivity index (χ1n) is 16.0. The Labute approximate surface area is 265 Å². The second-order valence-corrected chi connectivity index (χ2v) is 12.6. The molecule has 2 bridgehead atoms. The summed E-state index contributed by atoms with van der Waals surface area (Å²) < 4.78 is 9.24. The molecular formula is C43H26N2O. The third-order valence-corrected chi connectivity index (χ3v) is 10.4. The first kappa shape index (κ1) is 24.4. The van der Waals surface area contributed by atoms with E-state index < -0.39 is 0 Å². The van der Waals surface area contributed by atoms with Crippen LogP contribution in [0.25, 0.3) is 60.8 Å². The lowest BCUT2D eigenvalue weighted by molar-refractivity contribution is 0.673. The molecule has 0 radical (unpaired) electrons. The molecule has 0 fully saturated rings. The van der Waals surface area contributed by atoms with E-state index in [4.69, 9.17) is 9.40 Å². The standard InChI is InChI=1S/C43H26N2O/c1-2-11-26(12-3-1)45-38-20-9-8-19-37(38)44-43(45)33-18-10-17-31-32-22-21-25-23-35-36(24-34(25)42(32)46-41(31)33)40-29-15-6-4-13-27(29)39(35)28-14-5-7-16-30(28)40/h1-24,39-40H. The minimum absolute atomic E-state index is 0.220. The van der Waals surface area contributed by atoms with Crippen LogP contribution in [0, 0.1) is 0 Å². The highest BCUT2D eigenvalue weighted by Crippen LogP contribution is 2.56. The summed E-state index contributed by atoms with van der Waals surface area (Å²) >= 11 is 0. The van der Waals surface area contributed by atoms with E-state index in [0.29, 0.717) is 0 Å². The number of fused-ring (bicyclic) bond motifs is 6. The Kier molecular flexibility index (Phi) is 4.68. The molecule has 0 spiro atoms. The van der Waals surface area contributed by atoms with Crippen molar-refractivity contribution >= 4 is 43.7 Å². The summed E-state index contributed by atoms with van der Waals surface area (Å²) in [7, 11) is 0. The molecule has 214 valence electrons. The number of hydrogen-bond acceptors (Lipinski definition) is 2. The molecule has 0 N–H and O–H groups in total. The fourth-order valence-electron chi connectivity index (χ4n) is 8.46. The van der Waals surface area contributed by atoms with Gasteiger partial charge in [0.25, 0.3) is 0 Å². The van der Waals surface area contributed by atoms with Gasteiger partial charge in [0.15, 0.2) is 0 Å². The van der Waals surface area contributed by atoms with Crippen molar-refractivity contribution in [3.8, 4) is 17.1 Å². The average molecular weight is 587 g/mol. The van der Waals surface area contributed by atoms with Gasteiger partial charge in [-0.2, -0.15) is 0 Å². The predicted octanol–water partition coefficient (Wildman–Crippen LogP) is 10.7. The minimum atomic E-state index is 0.220. The maximum atomic E-state index is 6.99. The lowest BCUT2D eigenvalue weighted by Gasteiger charge is -2.42. The van der Waals surface area contributed by atoms with E-state index in [1.807, 2.05) is 6.07 Å². The number of rotatable bonds is 2. The van der Waals surface area contributed by atoms with Crippen molar-refractivity contribution in [3.05, 3.63) is 179 Å². The molecule has 0 atom stereocenters. The number of imidazole rings is 1. The van der Waals surface area contributed by atoms with Crippen LogP contribution in [0.5, 0.6) is 0 Å². The Balaban J connectivity index is 1.18. The second-order valence-electron chi connectivity index (χ2n) is 12.6. The van der Waals surface area contributed by atoms with E-state index in [0.717, 1.165) is 55.4 Å². The highest BCUT2D eigenvalue weighted by molar-refractivity contribution is 6.17. The number of furan rings is 1. The Morgan fingerprint density at radius 3 is 1.85 bits per heavy atom. The van der Waals surface area contributed by atoms with Gasteiger partial charge in [0.05, 0.1) is 16.6 Å². The highest BCUT2D eigenvalue weighted by Gasteiger charge is 2.41. The molecule has 0 aliphatic heterocycles. The van der Waals surface area contributed by atoms with Crippen LogP contribution in [0.4, 0.5) is 0 Å². The van der Waals surface area contributed by atoms with E-state index >= 15 is 0 Å². The molecule has 2 heterocycles. The van der Waals surface area contributed by atoms with Crippen molar-refractivity contribution in [2.75, 3.05) is 0 Å². The average Bonchev–Trinajstić information content (AvgIpc) is 3.70. The summed E-state index contributed by atoms with van der Waals surface area (Å²) in [5.41, 5.74) is 14.5. The van der Waals surface area contributed by atoms with Gasteiger partial charge < -0.3 is 4.42 Å². The largest absolute Gasteiger partial charge is 0.455 e. The molecule has 9 aromatic rings. The zero-order valence-electron chi connectivity index (χ0n) is 24.8. The van der Waals surface area contributed by atoms with Gasteiger partial charge in [-0.3, -0.25) is 4.57 Å². The van der Waals surface area contributed by atoms with Crippen molar-refractivity contribution in [1.29, 1.82) is 0 Å². The van der Waals surface area contributed by atoms with Crippen molar-refractivity contribution in [2.45, 2.75) is 11.8 Å². The molecule has 12 rings (SSSR count). The van der Waals surface area contributed by atoms with Crippen molar-refractivity contribution < 1.29 is 4.42 Å². The molecule has 46 heavy (non-hydrogen) atoms. The van der Waals surface area contributed by atoms with Gasteiger partial charge in [0, 0.05) is 33.7 Å². The first-order chi connectivity index (χ1) is 22.8. The molecule has 7 aromatic carbocycles. The van der Waals surface area contributed by atoms with Crippen LogP contribution in [0.3, 0.4) is 0 Å². The topological polar surface area (TPSA) is 31.0 Å². The summed E-state index contributed by atoms with van der Waals surface area (Å²) in [6, 6.07) is 52.7. The molecule has 0 saturated heterocycles. The second kappa shape index (κ2) is 8.83. The third-order valence-electron chi connectivity index (χ3n) is 10.4. The lowest BCUT2D eigenvalue weighted by Crippen LogP contribution is -2.27. The number of benzene rings is 7. The van der Waals surface area contributed by atoms with E-state index in [9.17, 15) is 0 Å². The van der Waals surface area contributed by atoms with Gasteiger partial charge in [-0.25, -0.2) is 4.98 Å². The zero-order valence-corrected chi connectivity index (χ0v) is 24.8. The molecule has 3 aliphatic rings. The summed E-state index contributed by atoms with van der Waals surface area (Å²) in [4.78, 5) is 5.17. The smallest absolute Gasteiger partial charge is 0.149 e. The monoisotopic (exact) mass is 586 g/mol. The number of aromatic nitrogens is 2.